The molecule has 108 valence electrons. The summed E-state index contributed by atoms with van der Waals surface area (Å²) in [5.41, 5.74) is 1.69. The molecule has 1 N–H and O–H groups in total. The van der Waals surface area contributed by atoms with Crippen LogP contribution in [0.25, 0.3) is 10.8 Å². The van der Waals surface area contributed by atoms with Crippen molar-refractivity contribution in [3.8, 4) is 0 Å². The number of aliphatic hydroxyl groups is 1. The van der Waals surface area contributed by atoms with Crippen molar-refractivity contribution in [2.24, 2.45) is 0 Å². The van der Waals surface area contributed by atoms with Crippen molar-refractivity contribution in [3.05, 3.63) is 64.4 Å². The molecule has 0 radical (unpaired) electrons. The molecular formula is C17H17BrN2O. The third kappa shape index (κ3) is 2.74. The summed E-state index contributed by atoms with van der Waals surface area (Å²) < 4.78 is 2.71. The van der Waals surface area contributed by atoms with Crippen molar-refractivity contribution in [1.29, 1.82) is 0 Å². The van der Waals surface area contributed by atoms with E-state index >= 15 is 0 Å². The van der Waals surface area contributed by atoms with E-state index in [1.165, 1.54) is 5.39 Å². The molecule has 0 fully saturated rings. The second kappa shape index (κ2) is 6.00. The van der Waals surface area contributed by atoms with Gasteiger partial charge in [0, 0.05) is 6.54 Å². The van der Waals surface area contributed by atoms with E-state index < -0.39 is 6.10 Å². The maximum atomic E-state index is 10.7. The second-order valence-corrected chi connectivity index (χ2v) is 5.96. The van der Waals surface area contributed by atoms with Crippen molar-refractivity contribution < 1.29 is 5.11 Å². The number of aryl methyl sites for hydroxylation is 1. The molecule has 0 amide bonds. The fourth-order valence-corrected chi connectivity index (χ4v) is 3.08. The van der Waals surface area contributed by atoms with E-state index in [1.54, 1.807) is 6.20 Å². The van der Waals surface area contributed by atoms with Gasteiger partial charge in [-0.1, -0.05) is 43.3 Å². The second-order valence-electron chi connectivity index (χ2n) is 5.11. The number of nitrogens with zero attached hydrogens (tertiary/aromatic N) is 2. The summed E-state index contributed by atoms with van der Waals surface area (Å²) in [6.07, 6.45) is 2.04. The van der Waals surface area contributed by atoms with Crippen LogP contribution in [0.1, 0.15) is 30.7 Å². The summed E-state index contributed by atoms with van der Waals surface area (Å²) in [4.78, 5) is 0. The number of hydrogen-bond acceptors (Lipinski definition) is 2. The molecule has 0 bridgehead atoms. The lowest BCUT2D eigenvalue weighted by atomic mass is 10.0. The monoisotopic (exact) mass is 344 g/mol. The zero-order chi connectivity index (χ0) is 14.8. The molecule has 1 atom stereocenters. The molecule has 4 heteroatoms. The van der Waals surface area contributed by atoms with Gasteiger partial charge in [0.25, 0.3) is 0 Å². The highest BCUT2D eigenvalue weighted by Gasteiger charge is 2.19. The first-order chi connectivity index (χ1) is 10.2. The lowest BCUT2D eigenvalue weighted by Gasteiger charge is -2.15. The lowest BCUT2D eigenvalue weighted by Crippen LogP contribution is -2.10. The molecule has 21 heavy (non-hydrogen) atoms. The van der Waals surface area contributed by atoms with Crippen LogP contribution in [0.15, 0.2) is 53.1 Å². The average molecular weight is 345 g/mol. The number of benzene rings is 2. The zero-order valence-electron chi connectivity index (χ0n) is 11.8. The Labute approximate surface area is 132 Å². The molecule has 3 nitrogen and oxygen atoms in total. The van der Waals surface area contributed by atoms with E-state index in [1.807, 2.05) is 35.0 Å². The maximum Gasteiger partial charge on any atom is 0.122 e. The lowest BCUT2D eigenvalue weighted by molar-refractivity contribution is 0.206. The molecule has 0 saturated heterocycles. The fourth-order valence-electron chi connectivity index (χ4n) is 2.57. The van der Waals surface area contributed by atoms with Gasteiger partial charge in [-0.2, -0.15) is 5.10 Å². The van der Waals surface area contributed by atoms with Gasteiger partial charge in [0.05, 0.1) is 16.4 Å². The van der Waals surface area contributed by atoms with Gasteiger partial charge in [0.15, 0.2) is 0 Å². The number of aliphatic hydroxyl groups excluding tert-OH is 1. The van der Waals surface area contributed by atoms with Crippen molar-refractivity contribution in [3.63, 3.8) is 0 Å². The van der Waals surface area contributed by atoms with Gasteiger partial charge in [-0.05, 0) is 44.8 Å². The van der Waals surface area contributed by atoms with Crippen molar-refractivity contribution in [2.45, 2.75) is 26.0 Å². The molecule has 1 aromatic heterocycles. The smallest absolute Gasteiger partial charge is 0.122 e. The van der Waals surface area contributed by atoms with E-state index in [9.17, 15) is 5.11 Å². The van der Waals surface area contributed by atoms with Gasteiger partial charge in [0.2, 0.25) is 0 Å². The van der Waals surface area contributed by atoms with Crippen LogP contribution in [0.4, 0.5) is 0 Å². The molecule has 2 aromatic carbocycles. The third-order valence-corrected chi connectivity index (χ3v) is 4.23. The number of rotatable bonds is 4. The highest BCUT2D eigenvalue weighted by atomic mass is 79.9. The summed E-state index contributed by atoms with van der Waals surface area (Å²) >= 11 is 3.49. The van der Waals surface area contributed by atoms with Crippen LogP contribution in [0.5, 0.6) is 0 Å². The minimum atomic E-state index is -0.682. The average Bonchev–Trinajstić information content (AvgIpc) is 2.87. The molecular weight excluding hydrogens is 328 g/mol. The highest BCUT2D eigenvalue weighted by Crippen LogP contribution is 2.30. The van der Waals surface area contributed by atoms with Crippen LogP contribution in [-0.2, 0) is 6.54 Å². The van der Waals surface area contributed by atoms with E-state index in [-0.39, 0.29) is 0 Å². The first-order valence-corrected chi connectivity index (χ1v) is 7.88. The Hall–Kier alpha value is -1.65. The SMILES string of the molecule is CCCn1ncc(Br)c1C(O)c1ccc2ccccc2c1. The third-order valence-electron chi connectivity index (χ3n) is 3.62. The first-order valence-electron chi connectivity index (χ1n) is 7.08. The van der Waals surface area contributed by atoms with E-state index in [2.05, 4.69) is 40.1 Å². The highest BCUT2D eigenvalue weighted by molar-refractivity contribution is 9.10. The molecule has 0 spiro atoms. The quantitative estimate of drug-likeness (QED) is 0.766. The van der Waals surface area contributed by atoms with Crippen LogP contribution in [0, 0.1) is 0 Å². The summed E-state index contributed by atoms with van der Waals surface area (Å²) in [5, 5.41) is 17.4. The standard InChI is InChI=1S/C17H17BrN2O/c1-2-9-20-16(15(18)11-19-20)17(21)14-8-7-12-5-3-4-6-13(12)10-14/h3-8,10-11,17,21H,2,9H2,1H3. The van der Waals surface area contributed by atoms with Gasteiger partial charge in [0.1, 0.15) is 6.10 Å². The molecule has 0 aliphatic rings. The van der Waals surface area contributed by atoms with Crippen LogP contribution >= 0.6 is 15.9 Å². The van der Waals surface area contributed by atoms with Crippen LogP contribution in [0.3, 0.4) is 0 Å². The Morgan fingerprint density at radius 2 is 1.95 bits per heavy atom. The summed E-state index contributed by atoms with van der Waals surface area (Å²) in [6, 6.07) is 14.2. The Bertz CT molecular complexity index is 766. The van der Waals surface area contributed by atoms with E-state index in [0.29, 0.717) is 0 Å². The predicted molar refractivity (Wildman–Crippen MR) is 88.2 cm³/mol. The van der Waals surface area contributed by atoms with Gasteiger partial charge in [-0.15, -0.1) is 0 Å². The van der Waals surface area contributed by atoms with Crippen LogP contribution in [-0.4, -0.2) is 14.9 Å². The van der Waals surface area contributed by atoms with Crippen LogP contribution in [0.2, 0.25) is 0 Å². The molecule has 0 aliphatic carbocycles. The summed E-state index contributed by atoms with van der Waals surface area (Å²) in [6.45, 7) is 2.90. The van der Waals surface area contributed by atoms with Crippen LogP contribution < -0.4 is 0 Å². The van der Waals surface area contributed by atoms with Gasteiger partial charge >= 0.3 is 0 Å². The van der Waals surface area contributed by atoms with E-state index in [4.69, 9.17) is 0 Å². The van der Waals surface area contributed by atoms with Gasteiger partial charge in [-0.3, -0.25) is 4.68 Å². The molecule has 0 saturated carbocycles. The molecule has 1 unspecified atom stereocenters. The largest absolute Gasteiger partial charge is 0.382 e. The Morgan fingerprint density at radius 3 is 2.71 bits per heavy atom. The number of fused-ring (bicyclic) bond motifs is 1. The topological polar surface area (TPSA) is 38.0 Å². The normalized spacial score (nSPS) is 12.7. The zero-order valence-corrected chi connectivity index (χ0v) is 13.4. The minimum absolute atomic E-state index is 0.682. The Morgan fingerprint density at radius 1 is 1.19 bits per heavy atom. The first kappa shape index (κ1) is 14.3. The van der Waals surface area contributed by atoms with E-state index in [0.717, 1.165) is 34.1 Å². The molecule has 3 aromatic rings. The summed E-state index contributed by atoms with van der Waals surface area (Å²) in [5.74, 6) is 0. The minimum Gasteiger partial charge on any atom is -0.382 e. The van der Waals surface area contributed by atoms with Crippen molar-refractivity contribution >= 4 is 26.7 Å². The van der Waals surface area contributed by atoms with Gasteiger partial charge in [-0.25, -0.2) is 0 Å². The van der Waals surface area contributed by atoms with Crippen molar-refractivity contribution in [1.82, 2.24) is 9.78 Å². The molecule has 0 aliphatic heterocycles. The Balaban J connectivity index is 2.03. The number of hydrogen-bond donors (Lipinski definition) is 1. The number of halogens is 1. The predicted octanol–water partition coefficient (Wildman–Crippen LogP) is 4.29. The maximum absolute atomic E-state index is 10.7. The fraction of sp³-hybridized carbons (Fsp3) is 0.235. The summed E-state index contributed by atoms with van der Waals surface area (Å²) in [7, 11) is 0. The number of aromatic nitrogens is 2. The molecule has 3 rings (SSSR count). The Kier molecular flexibility index (Phi) is 4.08. The van der Waals surface area contributed by atoms with Gasteiger partial charge < -0.3 is 5.11 Å². The van der Waals surface area contributed by atoms with Crippen molar-refractivity contribution in [2.75, 3.05) is 0 Å². The molecule has 1 heterocycles.